The predicted octanol–water partition coefficient (Wildman–Crippen LogP) is 1.30. The molecule has 0 spiro atoms. The Morgan fingerprint density at radius 2 is 2.00 bits per heavy atom. The number of nitrogens with two attached hydrogens (primary N) is 1. The number of rotatable bonds is 4. The van der Waals surface area contributed by atoms with Gasteiger partial charge in [0, 0.05) is 23.1 Å². The van der Waals surface area contributed by atoms with Gasteiger partial charge >= 0.3 is 0 Å². The van der Waals surface area contributed by atoms with Crippen LogP contribution >= 0.6 is 0 Å². The fourth-order valence-electron chi connectivity index (χ4n) is 1.62. The van der Waals surface area contributed by atoms with Crippen LogP contribution in [0.1, 0.15) is 12.8 Å². The summed E-state index contributed by atoms with van der Waals surface area (Å²) < 4.78 is 23.0. The molecule has 1 aliphatic rings. The van der Waals surface area contributed by atoms with Gasteiger partial charge in [0.1, 0.15) is 0 Å². The summed E-state index contributed by atoms with van der Waals surface area (Å²) in [6.07, 6.45) is 1.64. The minimum atomic E-state index is -1.00. The molecule has 0 amide bonds. The van der Waals surface area contributed by atoms with Gasteiger partial charge in [-0.25, -0.2) is 0 Å². The standard InChI is InChI=1S/C12H17NO3S/c13-5-1-8-17(14)10-3-4-11-12(9-10)16-7-2-6-15-11/h3-4,9H,1-2,5-8,13H2. The number of fused-ring (bicyclic) bond motifs is 1. The van der Waals surface area contributed by atoms with Crippen LogP contribution in [0.5, 0.6) is 11.5 Å². The molecule has 94 valence electrons. The van der Waals surface area contributed by atoms with Crippen LogP contribution in [-0.4, -0.2) is 29.7 Å². The minimum Gasteiger partial charge on any atom is -0.490 e. The normalized spacial score (nSPS) is 16.3. The van der Waals surface area contributed by atoms with Gasteiger partial charge in [-0.05, 0) is 25.1 Å². The zero-order chi connectivity index (χ0) is 12.1. The Morgan fingerprint density at radius 1 is 1.24 bits per heavy atom. The van der Waals surface area contributed by atoms with E-state index in [1.165, 1.54) is 0 Å². The van der Waals surface area contributed by atoms with Crippen molar-refractivity contribution in [2.75, 3.05) is 25.5 Å². The summed E-state index contributed by atoms with van der Waals surface area (Å²) in [4.78, 5) is 0.780. The van der Waals surface area contributed by atoms with E-state index in [-0.39, 0.29) is 0 Å². The highest BCUT2D eigenvalue weighted by molar-refractivity contribution is 7.85. The summed E-state index contributed by atoms with van der Waals surface area (Å²) in [6, 6.07) is 5.48. The van der Waals surface area contributed by atoms with Crippen molar-refractivity contribution in [2.24, 2.45) is 5.73 Å². The van der Waals surface area contributed by atoms with Gasteiger partial charge in [-0.2, -0.15) is 0 Å². The van der Waals surface area contributed by atoms with Crippen LogP contribution in [0.4, 0.5) is 0 Å². The second-order valence-corrected chi connectivity index (χ2v) is 5.42. The van der Waals surface area contributed by atoms with Crippen molar-refractivity contribution in [3.63, 3.8) is 0 Å². The molecule has 1 heterocycles. The average molecular weight is 255 g/mol. The maximum atomic E-state index is 11.9. The number of ether oxygens (including phenoxy) is 2. The predicted molar refractivity (Wildman–Crippen MR) is 67.0 cm³/mol. The van der Waals surface area contributed by atoms with Gasteiger partial charge in [0.25, 0.3) is 0 Å². The maximum absolute atomic E-state index is 11.9. The van der Waals surface area contributed by atoms with E-state index in [2.05, 4.69) is 0 Å². The van der Waals surface area contributed by atoms with Gasteiger partial charge in [-0.3, -0.25) is 4.21 Å². The van der Waals surface area contributed by atoms with Crippen molar-refractivity contribution in [1.29, 1.82) is 0 Å². The van der Waals surface area contributed by atoms with Crippen molar-refractivity contribution in [3.8, 4) is 11.5 Å². The smallest absolute Gasteiger partial charge is 0.162 e. The molecule has 4 nitrogen and oxygen atoms in total. The van der Waals surface area contributed by atoms with Crippen molar-refractivity contribution >= 4 is 10.8 Å². The Kier molecular flexibility index (Phi) is 4.39. The van der Waals surface area contributed by atoms with Gasteiger partial charge < -0.3 is 15.2 Å². The highest BCUT2D eigenvalue weighted by atomic mass is 32.2. The first-order chi connectivity index (χ1) is 8.31. The quantitative estimate of drug-likeness (QED) is 0.881. The maximum Gasteiger partial charge on any atom is 0.162 e. The summed E-state index contributed by atoms with van der Waals surface area (Å²) in [6.45, 7) is 1.88. The number of hydrogen-bond acceptors (Lipinski definition) is 4. The zero-order valence-electron chi connectivity index (χ0n) is 9.69. The molecule has 0 bridgehead atoms. The van der Waals surface area contributed by atoms with Gasteiger partial charge in [-0.15, -0.1) is 0 Å². The van der Waals surface area contributed by atoms with Gasteiger partial charge in [0.2, 0.25) is 0 Å². The monoisotopic (exact) mass is 255 g/mol. The molecule has 0 saturated carbocycles. The first kappa shape index (κ1) is 12.4. The number of benzene rings is 1. The first-order valence-corrected chi connectivity index (χ1v) is 7.11. The summed E-state index contributed by atoms with van der Waals surface area (Å²) in [5.41, 5.74) is 5.41. The molecule has 1 aromatic rings. The lowest BCUT2D eigenvalue weighted by Crippen LogP contribution is -2.06. The lowest BCUT2D eigenvalue weighted by Gasteiger charge is -2.09. The summed E-state index contributed by atoms with van der Waals surface area (Å²) in [7, 11) is -1.00. The summed E-state index contributed by atoms with van der Waals surface area (Å²) in [5.74, 6) is 2.03. The molecule has 0 radical (unpaired) electrons. The second-order valence-electron chi connectivity index (χ2n) is 3.85. The molecule has 0 aromatic heterocycles. The first-order valence-electron chi connectivity index (χ1n) is 5.79. The minimum absolute atomic E-state index is 0.566. The van der Waals surface area contributed by atoms with E-state index in [1.54, 1.807) is 0 Å². The molecule has 0 aliphatic carbocycles. The third-order valence-electron chi connectivity index (χ3n) is 2.52. The molecule has 1 atom stereocenters. The third-order valence-corrected chi connectivity index (χ3v) is 3.95. The summed E-state index contributed by atoms with van der Waals surface area (Å²) >= 11 is 0. The zero-order valence-corrected chi connectivity index (χ0v) is 10.5. The van der Waals surface area contributed by atoms with Crippen LogP contribution in [0.3, 0.4) is 0 Å². The molecule has 2 rings (SSSR count). The van der Waals surface area contributed by atoms with E-state index in [4.69, 9.17) is 15.2 Å². The van der Waals surface area contributed by atoms with Crippen LogP contribution in [-0.2, 0) is 10.8 Å². The topological polar surface area (TPSA) is 61.6 Å². The van der Waals surface area contributed by atoms with Crippen molar-refractivity contribution < 1.29 is 13.7 Å². The second kappa shape index (κ2) is 6.02. The van der Waals surface area contributed by atoms with Crippen LogP contribution < -0.4 is 15.2 Å². The Morgan fingerprint density at radius 3 is 2.76 bits per heavy atom. The average Bonchev–Trinajstić information content (AvgIpc) is 2.60. The lowest BCUT2D eigenvalue weighted by molar-refractivity contribution is 0.297. The van der Waals surface area contributed by atoms with E-state index in [9.17, 15) is 4.21 Å². The van der Waals surface area contributed by atoms with Crippen LogP contribution in [0.15, 0.2) is 23.1 Å². The van der Waals surface area contributed by atoms with E-state index in [1.807, 2.05) is 18.2 Å². The van der Waals surface area contributed by atoms with E-state index in [0.717, 1.165) is 23.5 Å². The molecule has 1 unspecified atom stereocenters. The van der Waals surface area contributed by atoms with Gasteiger partial charge in [0.05, 0.1) is 24.0 Å². The Balaban J connectivity index is 2.14. The molecule has 2 N–H and O–H groups in total. The third kappa shape index (κ3) is 3.20. The molecule has 0 saturated heterocycles. The van der Waals surface area contributed by atoms with Gasteiger partial charge in [0.15, 0.2) is 11.5 Å². The molecular weight excluding hydrogens is 238 g/mol. The SMILES string of the molecule is NCCCS(=O)c1ccc2c(c1)OCCCO2. The van der Waals surface area contributed by atoms with E-state index in [0.29, 0.717) is 31.3 Å². The Bertz CT molecular complexity index is 409. The fourth-order valence-corrected chi connectivity index (χ4v) is 2.74. The molecule has 0 fully saturated rings. The number of hydrogen-bond donors (Lipinski definition) is 1. The fraction of sp³-hybridized carbons (Fsp3) is 0.500. The highest BCUT2D eigenvalue weighted by Gasteiger charge is 2.12. The lowest BCUT2D eigenvalue weighted by atomic mass is 10.3. The molecule has 1 aliphatic heterocycles. The summed E-state index contributed by atoms with van der Waals surface area (Å²) in [5, 5.41) is 0. The Hall–Kier alpha value is -1.07. The van der Waals surface area contributed by atoms with Crippen LogP contribution in [0.2, 0.25) is 0 Å². The van der Waals surface area contributed by atoms with E-state index >= 15 is 0 Å². The Labute approximate surface area is 104 Å². The van der Waals surface area contributed by atoms with Crippen molar-refractivity contribution in [1.82, 2.24) is 0 Å². The van der Waals surface area contributed by atoms with Crippen LogP contribution in [0, 0.1) is 0 Å². The van der Waals surface area contributed by atoms with Crippen molar-refractivity contribution in [2.45, 2.75) is 17.7 Å². The molecular formula is C12H17NO3S. The molecule has 17 heavy (non-hydrogen) atoms. The molecule has 1 aromatic carbocycles. The van der Waals surface area contributed by atoms with E-state index < -0.39 is 10.8 Å². The highest BCUT2D eigenvalue weighted by Crippen LogP contribution is 2.31. The van der Waals surface area contributed by atoms with Crippen molar-refractivity contribution in [3.05, 3.63) is 18.2 Å². The van der Waals surface area contributed by atoms with Gasteiger partial charge in [-0.1, -0.05) is 0 Å². The largest absolute Gasteiger partial charge is 0.490 e. The molecule has 5 heteroatoms. The van der Waals surface area contributed by atoms with Crippen LogP contribution in [0.25, 0.3) is 0 Å².